The lowest BCUT2D eigenvalue weighted by Gasteiger charge is -2.25. The van der Waals surface area contributed by atoms with Crippen LogP contribution in [0.4, 0.5) is 5.69 Å². The van der Waals surface area contributed by atoms with Crippen LogP contribution in [0.25, 0.3) is 0 Å². The molecule has 1 heterocycles. The second kappa shape index (κ2) is 5.53. The van der Waals surface area contributed by atoms with Gasteiger partial charge in [0, 0.05) is 15.7 Å². The van der Waals surface area contributed by atoms with Crippen LogP contribution in [-0.2, 0) is 9.59 Å². The van der Waals surface area contributed by atoms with Gasteiger partial charge >= 0.3 is 0 Å². The summed E-state index contributed by atoms with van der Waals surface area (Å²) in [6.45, 7) is -0.493. The fourth-order valence-corrected chi connectivity index (χ4v) is 2.31. The van der Waals surface area contributed by atoms with Crippen molar-refractivity contribution in [1.82, 2.24) is 10.2 Å². The van der Waals surface area contributed by atoms with Gasteiger partial charge in [-0.2, -0.15) is 0 Å². The number of non-ortho nitro benzene ring substituents is 1. The van der Waals surface area contributed by atoms with Crippen LogP contribution in [0.1, 0.15) is 10.4 Å². The number of hydrogen-bond acceptors (Lipinski definition) is 5. The first-order chi connectivity index (χ1) is 9.38. The SMILES string of the molecule is O=C1CN(C(=O)c2cc([N+](=O)[O-])ccc2I)CC(=O)N1. The van der Waals surface area contributed by atoms with E-state index < -0.39 is 22.6 Å². The molecule has 0 aliphatic carbocycles. The molecule has 2 rings (SSSR count). The Morgan fingerprint density at radius 3 is 2.45 bits per heavy atom. The van der Waals surface area contributed by atoms with E-state index in [-0.39, 0.29) is 24.3 Å². The molecular weight excluding hydrogens is 381 g/mol. The number of benzene rings is 1. The number of rotatable bonds is 2. The van der Waals surface area contributed by atoms with E-state index in [0.717, 1.165) is 11.0 Å². The van der Waals surface area contributed by atoms with Gasteiger partial charge in [-0.15, -0.1) is 0 Å². The molecule has 104 valence electrons. The Labute approximate surface area is 126 Å². The number of carbonyl (C=O) groups excluding carboxylic acids is 3. The zero-order chi connectivity index (χ0) is 14.9. The zero-order valence-corrected chi connectivity index (χ0v) is 12.1. The molecule has 0 saturated carbocycles. The molecule has 0 radical (unpaired) electrons. The summed E-state index contributed by atoms with van der Waals surface area (Å²) in [4.78, 5) is 45.9. The second-order valence-corrected chi connectivity index (χ2v) is 5.22. The van der Waals surface area contributed by atoms with Crippen LogP contribution in [0.2, 0.25) is 0 Å². The highest BCUT2D eigenvalue weighted by Crippen LogP contribution is 2.21. The highest BCUT2D eigenvalue weighted by molar-refractivity contribution is 14.1. The monoisotopic (exact) mass is 389 g/mol. The summed E-state index contributed by atoms with van der Waals surface area (Å²) in [7, 11) is 0. The van der Waals surface area contributed by atoms with Gasteiger partial charge in [-0.05, 0) is 28.7 Å². The largest absolute Gasteiger partial charge is 0.320 e. The second-order valence-electron chi connectivity index (χ2n) is 4.05. The summed E-state index contributed by atoms with van der Waals surface area (Å²) in [6.07, 6.45) is 0. The van der Waals surface area contributed by atoms with Gasteiger partial charge in [0.05, 0.1) is 10.5 Å². The lowest BCUT2D eigenvalue weighted by atomic mass is 10.1. The minimum atomic E-state index is -0.610. The molecule has 9 heteroatoms. The highest BCUT2D eigenvalue weighted by Gasteiger charge is 2.28. The van der Waals surface area contributed by atoms with Crippen LogP contribution >= 0.6 is 22.6 Å². The maximum Gasteiger partial charge on any atom is 0.270 e. The van der Waals surface area contributed by atoms with E-state index in [4.69, 9.17) is 0 Å². The van der Waals surface area contributed by atoms with Crippen LogP contribution < -0.4 is 5.32 Å². The number of nitrogens with one attached hydrogen (secondary N) is 1. The van der Waals surface area contributed by atoms with Gasteiger partial charge in [0.1, 0.15) is 13.1 Å². The van der Waals surface area contributed by atoms with Crippen LogP contribution in [0, 0.1) is 13.7 Å². The predicted octanol–water partition coefficient (Wildman–Crippen LogP) is 0.298. The average Bonchev–Trinajstić information content (AvgIpc) is 2.37. The molecular formula is C11H8IN3O5. The van der Waals surface area contributed by atoms with Gasteiger partial charge in [-0.25, -0.2) is 0 Å². The minimum absolute atomic E-state index is 0.0994. The molecule has 0 aromatic heterocycles. The molecule has 8 nitrogen and oxygen atoms in total. The minimum Gasteiger partial charge on any atom is -0.320 e. The fourth-order valence-electron chi connectivity index (χ4n) is 1.74. The van der Waals surface area contributed by atoms with Crippen molar-refractivity contribution in [1.29, 1.82) is 0 Å². The molecule has 0 spiro atoms. The van der Waals surface area contributed by atoms with E-state index in [1.54, 1.807) is 0 Å². The first-order valence-corrected chi connectivity index (χ1v) is 6.52. The topological polar surface area (TPSA) is 110 Å². The summed E-state index contributed by atoms with van der Waals surface area (Å²) < 4.78 is 0.511. The number of nitro benzene ring substituents is 1. The van der Waals surface area contributed by atoms with Gasteiger partial charge in [0.2, 0.25) is 11.8 Å². The predicted molar refractivity (Wildman–Crippen MR) is 74.9 cm³/mol. The Balaban J connectivity index is 2.33. The van der Waals surface area contributed by atoms with Crippen LogP contribution in [0.15, 0.2) is 18.2 Å². The Hall–Kier alpha value is -2.04. The smallest absolute Gasteiger partial charge is 0.270 e. The highest BCUT2D eigenvalue weighted by atomic mass is 127. The first kappa shape index (κ1) is 14.4. The Bertz CT molecular complexity index is 614. The summed E-state index contributed by atoms with van der Waals surface area (Å²) in [5.41, 5.74) is -0.121. The number of halogens is 1. The van der Waals surface area contributed by atoms with Crippen LogP contribution in [0.5, 0.6) is 0 Å². The molecule has 1 aromatic rings. The number of amides is 3. The maximum absolute atomic E-state index is 12.3. The number of nitrogens with zero attached hydrogens (tertiary/aromatic N) is 2. The third-order valence-electron chi connectivity index (χ3n) is 2.63. The van der Waals surface area contributed by atoms with Crippen molar-refractivity contribution < 1.29 is 19.3 Å². The van der Waals surface area contributed by atoms with E-state index in [0.29, 0.717) is 3.57 Å². The average molecular weight is 389 g/mol. The molecule has 1 aliphatic rings. The number of hydrogen-bond donors (Lipinski definition) is 1. The number of piperazine rings is 1. The maximum atomic E-state index is 12.3. The molecule has 1 N–H and O–H groups in total. The summed E-state index contributed by atoms with van der Waals surface area (Å²) in [5, 5.41) is 12.8. The van der Waals surface area contributed by atoms with E-state index in [2.05, 4.69) is 5.32 Å². The van der Waals surface area contributed by atoms with Gasteiger partial charge < -0.3 is 4.90 Å². The molecule has 20 heavy (non-hydrogen) atoms. The first-order valence-electron chi connectivity index (χ1n) is 5.44. The van der Waals surface area contributed by atoms with Crippen molar-refractivity contribution in [2.45, 2.75) is 0 Å². The lowest BCUT2D eigenvalue weighted by molar-refractivity contribution is -0.384. The normalized spacial score (nSPS) is 14.9. The van der Waals surface area contributed by atoms with Crippen molar-refractivity contribution in [3.63, 3.8) is 0 Å². The van der Waals surface area contributed by atoms with Gasteiger partial charge in [0.15, 0.2) is 0 Å². The number of imide groups is 1. The molecule has 3 amide bonds. The Kier molecular flexibility index (Phi) is 3.97. The quantitative estimate of drug-likeness (QED) is 0.339. The van der Waals surface area contributed by atoms with Crippen LogP contribution in [-0.4, -0.2) is 40.6 Å². The van der Waals surface area contributed by atoms with Crippen molar-refractivity contribution in [3.05, 3.63) is 37.4 Å². The molecule has 1 saturated heterocycles. The van der Waals surface area contributed by atoms with Gasteiger partial charge in [0.25, 0.3) is 11.6 Å². The van der Waals surface area contributed by atoms with Gasteiger partial charge in [-0.3, -0.25) is 29.8 Å². The van der Waals surface area contributed by atoms with E-state index in [9.17, 15) is 24.5 Å². The van der Waals surface area contributed by atoms with Crippen molar-refractivity contribution in [2.75, 3.05) is 13.1 Å². The van der Waals surface area contributed by atoms with Crippen molar-refractivity contribution >= 4 is 46.0 Å². The van der Waals surface area contributed by atoms with E-state index in [1.165, 1.54) is 12.1 Å². The zero-order valence-electron chi connectivity index (χ0n) is 9.96. The molecule has 1 fully saturated rings. The fraction of sp³-hybridized carbons (Fsp3) is 0.182. The third-order valence-corrected chi connectivity index (χ3v) is 3.57. The molecule has 1 aliphatic heterocycles. The van der Waals surface area contributed by atoms with E-state index >= 15 is 0 Å². The van der Waals surface area contributed by atoms with Crippen LogP contribution in [0.3, 0.4) is 0 Å². The Morgan fingerprint density at radius 2 is 1.90 bits per heavy atom. The molecule has 0 unspecified atom stereocenters. The standard InChI is InChI=1S/C11H8IN3O5/c12-8-2-1-6(15(19)20)3-7(8)11(18)14-4-9(16)13-10(17)5-14/h1-3H,4-5H2,(H,13,16,17). The van der Waals surface area contributed by atoms with Gasteiger partial charge in [-0.1, -0.05) is 0 Å². The van der Waals surface area contributed by atoms with E-state index in [1.807, 2.05) is 22.6 Å². The number of carbonyl (C=O) groups is 3. The summed E-state index contributed by atoms with van der Waals surface area (Å²) >= 11 is 1.87. The molecule has 0 bridgehead atoms. The van der Waals surface area contributed by atoms with Crippen molar-refractivity contribution in [2.24, 2.45) is 0 Å². The summed E-state index contributed by atoms with van der Waals surface area (Å²) in [5.74, 6) is -1.73. The number of nitro groups is 1. The van der Waals surface area contributed by atoms with Crippen molar-refractivity contribution in [3.8, 4) is 0 Å². The molecule has 1 aromatic carbocycles. The lowest BCUT2D eigenvalue weighted by Crippen LogP contribution is -2.53. The Morgan fingerprint density at radius 1 is 1.30 bits per heavy atom. The summed E-state index contributed by atoms with van der Waals surface area (Å²) in [6, 6.07) is 3.87. The molecule has 0 atom stereocenters. The third kappa shape index (κ3) is 2.92.